The van der Waals surface area contributed by atoms with Gasteiger partial charge >= 0.3 is 6.18 Å². The van der Waals surface area contributed by atoms with E-state index >= 15 is 0 Å². The molecule has 1 heterocycles. The molecule has 20 heavy (non-hydrogen) atoms. The molecular formula is C15H19F3N2. The van der Waals surface area contributed by atoms with Crippen molar-refractivity contribution in [3.8, 4) is 0 Å². The summed E-state index contributed by atoms with van der Waals surface area (Å²) in [5.74, 6) is 0. The maximum absolute atomic E-state index is 12.3. The van der Waals surface area contributed by atoms with Crippen molar-refractivity contribution in [3.63, 3.8) is 0 Å². The molecule has 1 aromatic carbocycles. The van der Waals surface area contributed by atoms with E-state index in [4.69, 9.17) is 5.73 Å². The smallest absolute Gasteiger partial charge is 0.347 e. The highest BCUT2D eigenvalue weighted by Gasteiger charge is 2.26. The summed E-state index contributed by atoms with van der Waals surface area (Å²) in [4.78, 5) is 0. The van der Waals surface area contributed by atoms with Crippen molar-refractivity contribution >= 4 is 10.9 Å². The predicted molar refractivity (Wildman–Crippen MR) is 74.6 cm³/mol. The molecule has 2 N–H and O–H groups in total. The van der Waals surface area contributed by atoms with Gasteiger partial charge in [0.2, 0.25) is 0 Å². The van der Waals surface area contributed by atoms with Crippen LogP contribution in [0.25, 0.3) is 10.9 Å². The van der Waals surface area contributed by atoms with Crippen LogP contribution in [0.5, 0.6) is 0 Å². The number of alkyl halides is 3. The molecule has 1 unspecified atom stereocenters. The number of rotatable bonds is 5. The van der Waals surface area contributed by atoms with E-state index in [9.17, 15) is 13.2 Å². The molecule has 110 valence electrons. The minimum absolute atomic E-state index is 0.0454. The molecule has 0 saturated heterocycles. The number of fused-ring (bicyclic) bond motifs is 1. The Kier molecular flexibility index (Phi) is 4.38. The third-order valence-electron chi connectivity index (χ3n) is 3.50. The lowest BCUT2D eigenvalue weighted by Gasteiger charge is -2.11. The third kappa shape index (κ3) is 3.76. The first-order valence-corrected chi connectivity index (χ1v) is 6.79. The second-order valence-corrected chi connectivity index (χ2v) is 5.14. The molecule has 2 rings (SSSR count). The topological polar surface area (TPSA) is 30.9 Å². The van der Waals surface area contributed by atoms with Gasteiger partial charge in [0.05, 0.1) is 6.42 Å². The van der Waals surface area contributed by atoms with Crippen molar-refractivity contribution in [1.82, 2.24) is 4.57 Å². The molecule has 2 aromatic rings. The molecular weight excluding hydrogens is 265 g/mol. The summed E-state index contributed by atoms with van der Waals surface area (Å²) < 4.78 is 38.6. The monoisotopic (exact) mass is 284 g/mol. The van der Waals surface area contributed by atoms with Crippen molar-refractivity contribution in [3.05, 3.63) is 36.0 Å². The summed E-state index contributed by atoms with van der Waals surface area (Å²) in [5.41, 5.74) is 7.83. The Balaban J connectivity index is 2.21. The van der Waals surface area contributed by atoms with E-state index < -0.39 is 12.6 Å². The molecule has 2 nitrogen and oxygen atoms in total. The first-order chi connectivity index (χ1) is 9.39. The van der Waals surface area contributed by atoms with Crippen molar-refractivity contribution in [2.45, 2.75) is 44.9 Å². The predicted octanol–water partition coefficient (Wildman–Crippen LogP) is 3.87. The Labute approximate surface area is 116 Å². The molecule has 0 bridgehead atoms. The second-order valence-electron chi connectivity index (χ2n) is 5.14. The van der Waals surface area contributed by atoms with Gasteiger partial charge in [-0.2, -0.15) is 13.2 Å². The van der Waals surface area contributed by atoms with Crippen LogP contribution in [-0.4, -0.2) is 16.8 Å². The lowest BCUT2D eigenvalue weighted by molar-refractivity contribution is -0.136. The SMILES string of the molecule is CCC(N)Cc1ccc2ccn(CCC(F)(F)F)c2c1. The normalized spacial score (nSPS) is 13.8. The first-order valence-electron chi connectivity index (χ1n) is 6.79. The maximum atomic E-state index is 12.3. The van der Waals surface area contributed by atoms with Crippen LogP contribution in [0.2, 0.25) is 0 Å². The molecule has 0 radical (unpaired) electrons. The molecule has 0 aliphatic rings. The Morgan fingerprint density at radius 3 is 2.65 bits per heavy atom. The van der Waals surface area contributed by atoms with Crippen LogP contribution in [0, 0.1) is 0 Å². The molecule has 0 aliphatic carbocycles. The van der Waals surface area contributed by atoms with Gasteiger partial charge in [0.15, 0.2) is 0 Å². The number of benzene rings is 1. The summed E-state index contributed by atoms with van der Waals surface area (Å²) in [6.07, 6.45) is -1.60. The van der Waals surface area contributed by atoms with E-state index in [0.29, 0.717) is 0 Å². The van der Waals surface area contributed by atoms with Crippen LogP contribution in [-0.2, 0) is 13.0 Å². The zero-order chi connectivity index (χ0) is 14.8. The van der Waals surface area contributed by atoms with Gasteiger partial charge in [-0.3, -0.25) is 0 Å². The summed E-state index contributed by atoms with van der Waals surface area (Å²) in [6.45, 7) is 1.98. The Morgan fingerprint density at radius 2 is 2.00 bits per heavy atom. The van der Waals surface area contributed by atoms with E-state index in [1.54, 1.807) is 10.8 Å². The van der Waals surface area contributed by atoms with Gasteiger partial charge in [-0.25, -0.2) is 0 Å². The molecule has 0 saturated carbocycles. The lowest BCUT2D eigenvalue weighted by Crippen LogP contribution is -2.21. The highest BCUT2D eigenvalue weighted by atomic mass is 19.4. The highest BCUT2D eigenvalue weighted by molar-refractivity contribution is 5.80. The van der Waals surface area contributed by atoms with Crippen LogP contribution in [0.3, 0.4) is 0 Å². The standard InChI is InChI=1S/C15H19F3N2/c1-2-13(19)9-11-3-4-12-5-7-20(14(12)10-11)8-6-15(16,17)18/h3-5,7,10,13H,2,6,8-9,19H2,1H3. The van der Waals surface area contributed by atoms with Crippen LogP contribution in [0.1, 0.15) is 25.3 Å². The van der Waals surface area contributed by atoms with E-state index in [0.717, 1.165) is 29.3 Å². The van der Waals surface area contributed by atoms with Crippen molar-refractivity contribution in [2.75, 3.05) is 0 Å². The average Bonchev–Trinajstić information content (AvgIpc) is 2.78. The second kappa shape index (κ2) is 5.87. The Hall–Kier alpha value is -1.49. The number of aryl methyl sites for hydroxylation is 1. The van der Waals surface area contributed by atoms with Gasteiger partial charge in [-0.1, -0.05) is 19.1 Å². The zero-order valence-corrected chi connectivity index (χ0v) is 11.5. The summed E-state index contributed by atoms with van der Waals surface area (Å²) in [6, 6.07) is 7.81. The van der Waals surface area contributed by atoms with E-state index in [1.165, 1.54) is 0 Å². The summed E-state index contributed by atoms with van der Waals surface area (Å²) in [7, 11) is 0. The third-order valence-corrected chi connectivity index (χ3v) is 3.50. The fourth-order valence-corrected chi connectivity index (χ4v) is 2.25. The van der Waals surface area contributed by atoms with Crippen LogP contribution < -0.4 is 5.73 Å². The van der Waals surface area contributed by atoms with E-state index in [2.05, 4.69) is 0 Å². The van der Waals surface area contributed by atoms with Crippen molar-refractivity contribution in [1.29, 1.82) is 0 Å². The average molecular weight is 284 g/mol. The van der Waals surface area contributed by atoms with Crippen LogP contribution in [0.4, 0.5) is 13.2 Å². The van der Waals surface area contributed by atoms with E-state index in [-0.39, 0.29) is 12.6 Å². The highest BCUT2D eigenvalue weighted by Crippen LogP contribution is 2.24. The number of hydrogen-bond acceptors (Lipinski definition) is 1. The molecule has 0 fully saturated rings. The number of hydrogen-bond donors (Lipinski definition) is 1. The van der Waals surface area contributed by atoms with Gasteiger partial charge in [-0.05, 0) is 35.9 Å². The minimum Gasteiger partial charge on any atom is -0.347 e. The number of nitrogens with zero attached hydrogens (tertiary/aromatic N) is 1. The van der Waals surface area contributed by atoms with Gasteiger partial charge in [0, 0.05) is 24.3 Å². The summed E-state index contributed by atoms with van der Waals surface area (Å²) >= 11 is 0. The van der Waals surface area contributed by atoms with Gasteiger partial charge in [0.1, 0.15) is 0 Å². The van der Waals surface area contributed by atoms with E-state index in [1.807, 2.05) is 31.2 Å². The molecule has 1 atom stereocenters. The van der Waals surface area contributed by atoms with Gasteiger partial charge < -0.3 is 10.3 Å². The molecule has 0 aliphatic heterocycles. The number of halogens is 3. The first kappa shape index (κ1) is 14.9. The van der Waals surface area contributed by atoms with Gasteiger partial charge in [0.25, 0.3) is 0 Å². The lowest BCUT2D eigenvalue weighted by atomic mass is 10.0. The van der Waals surface area contributed by atoms with Crippen LogP contribution in [0.15, 0.2) is 30.5 Å². The van der Waals surface area contributed by atoms with Gasteiger partial charge in [-0.15, -0.1) is 0 Å². The molecule has 5 heteroatoms. The molecule has 1 aromatic heterocycles. The number of nitrogens with two attached hydrogens (primary N) is 1. The molecule has 0 spiro atoms. The number of aromatic nitrogens is 1. The Bertz CT molecular complexity index is 572. The molecule has 0 amide bonds. The minimum atomic E-state index is -4.13. The zero-order valence-electron chi connectivity index (χ0n) is 11.5. The maximum Gasteiger partial charge on any atom is 0.390 e. The van der Waals surface area contributed by atoms with Crippen molar-refractivity contribution < 1.29 is 13.2 Å². The fourth-order valence-electron chi connectivity index (χ4n) is 2.25. The Morgan fingerprint density at radius 1 is 1.25 bits per heavy atom. The quantitative estimate of drug-likeness (QED) is 0.887. The van der Waals surface area contributed by atoms with Crippen molar-refractivity contribution in [2.24, 2.45) is 5.73 Å². The largest absolute Gasteiger partial charge is 0.390 e. The van der Waals surface area contributed by atoms with Crippen LogP contribution >= 0.6 is 0 Å². The summed E-state index contributed by atoms with van der Waals surface area (Å²) in [5, 5.41) is 0.959. The fraction of sp³-hybridized carbons (Fsp3) is 0.467.